The molecule has 4 heterocycles. The maximum absolute atomic E-state index is 14.6. The van der Waals surface area contributed by atoms with Gasteiger partial charge in [-0.3, -0.25) is 24.1 Å². The number of esters is 1. The highest BCUT2D eigenvalue weighted by atomic mass is 35.5. The van der Waals surface area contributed by atoms with Gasteiger partial charge in [-0.25, -0.2) is 14.2 Å². The third kappa shape index (κ3) is 10.6. The van der Waals surface area contributed by atoms with E-state index < -0.39 is 47.0 Å². The van der Waals surface area contributed by atoms with Crippen LogP contribution in [0, 0.1) is 0 Å². The third-order valence-electron chi connectivity index (χ3n) is 10.6. The maximum atomic E-state index is 14.6. The molecule has 0 spiro atoms. The summed E-state index contributed by atoms with van der Waals surface area (Å²) in [5.74, 6) is -3.25. The number of halogens is 1. The molecule has 19 nitrogen and oxygen atoms in total. The number of benzene rings is 3. The SMILES string of the molecule is COCCN1CCN(c2ccc(C[C@@H](C(=O)Nc3ccc4c(c3)cc(C(=O)OC(C)(C)C)n4C(=O)OC(C)(C)C)N3CCN(c4cc(Cl)ccc4-n4cnnn4)C(=O)C3=O)cc2)C(=O)C1. The second kappa shape index (κ2) is 18.8. The molecule has 2 fully saturated rings. The van der Waals surface area contributed by atoms with E-state index in [1.165, 1.54) is 32.9 Å². The lowest BCUT2D eigenvalue weighted by atomic mass is 10.0. The summed E-state index contributed by atoms with van der Waals surface area (Å²) in [4.78, 5) is 89.2. The van der Waals surface area contributed by atoms with Crippen molar-refractivity contribution in [3.63, 3.8) is 0 Å². The molecule has 342 valence electrons. The molecule has 0 saturated carbocycles. The number of nitrogens with zero attached hydrogens (tertiary/aromatic N) is 9. The number of methoxy groups -OCH3 is 1. The van der Waals surface area contributed by atoms with E-state index in [1.54, 1.807) is 108 Å². The van der Waals surface area contributed by atoms with Crippen molar-refractivity contribution in [1.82, 2.24) is 34.6 Å². The molecule has 0 bridgehead atoms. The number of rotatable bonds is 12. The van der Waals surface area contributed by atoms with Crippen LogP contribution in [0.15, 0.2) is 73.1 Å². The summed E-state index contributed by atoms with van der Waals surface area (Å²) in [7, 11) is 1.62. The third-order valence-corrected chi connectivity index (χ3v) is 10.8. The Bertz CT molecular complexity index is 2620. The minimum atomic E-state index is -1.21. The molecule has 1 atom stereocenters. The average Bonchev–Trinajstić information content (AvgIpc) is 3.91. The lowest BCUT2D eigenvalue weighted by Gasteiger charge is -2.38. The second-order valence-electron chi connectivity index (χ2n) is 17.7. The standard InChI is InChI=1S/C45H51ClN10O9/c1-44(2,3)64-42(61)37-24-29-23-31(11-15-33(29)56(37)43(62)65-45(4,5)6)48-39(58)36(22-28-8-12-32(13-9-28)52-17-16-51(20-21-63-7)26-38(52)57)54-19-18-53(40(59)41(54)60)35-25-30(46)10-14-34(35)55-27-47-49-50-55/h8-15,23-25,27,36H,16-22,26H2,1-7H3,(H,48,58)/t36-/m0/s1. The zero-order chi connectivity index (χ0) is 46.8. The highest BCUT2D eigenvalue weighted by molar-refractivity contribution is 6.41. The van der Waals surface area contributed by atoms with E-state index >= 15 is 0 Å². The van der Waals surface area contributed by atoms with Crippen molar-refractivity contribution in [2.45, 2.75) is 65.2 Å². The Balaban J connectivity index is 1.19. The number of anilines is 3. The fourth-order valence-electron chi connectivity index (χ4n) is 7.64. The van der Waals surface area contributed by atoms with Crippen LogP contribution in [0.5, 0.6) is 0 Å². The van der Waals surface area contributed by atoms with Gasteiger partial charge in [0.15, 0.2) is 0 Å². The van der Waals surface area contributed by atoms with E-state index in [-0.39, 0.29) is 43.3 Å². The largest absolute Gasteiger partial charge is 0.455 e. The highest BCUT2D eigenvalue weighted by Crippen LogP contribution is 2.31. The van der Waals surface area contributed by atoms with Gasteiger partial charge >= 0.3 is 23.9 Å². The van der Waals surface area contributed by atoms with Crippen molar-refractivity contribution < 1.29 is 43.0 Å². The molecule has 3 aromatic carbocycles. The van der Waals surface area contributed by atoms with Gasteiger partial charge in [0.2, 0.25) is 11.8 Å². The van der Waals surface area contributed by atoms with Crippen molar-refractivity contribution in [3.05, 3.63) is 89.3 Å². The Hall–Kier alpha value is -6.70. The van der Waals surface area contributed by atoms with Crippen LogP contribution in [-0.2, 0) is 39.8 Å². The van der Waals surface area contributed by atoms with Gasteiger partial charge in [-0.1, -0.05) is 23.7 Å². The number of aromatic nitrogens is 5. The van der Waals surface area contributed by atoms with Crippen molar-refractivity contribution in [2.75, 3.05) is 68.1 Å². The predicted molar refractivity (Wildman–Crippen MR) is 240 cm³/mol. The molecule has 0 radical (unpaired) electrons. The number of amides is 4. The first-order valence-electron chi connectivity index (χ1n) is 21.0. The summed E-state index contributed by atoms with van der Waals surface area (Å²) in [6.07, 6.45) is 0.550. The van der Waals surface area contributed by atoms with Gasteiger partial charge in [0.25, 0.3) is 0 Å². The summed E-state index contributed by atoms with van der Waals surface area (Å²) >= 11 is 6.37. The highest BCUT2D eigenvalue weighted by Gasteiger charge is 2.41. The zero-order valence-electron chi connectivity index (χ0n) is 37.2. The molecule has 2 aromatic heterocycles. The molecule has 2 aliphatic heterocycles. The second-order valence-corrected chi connectivity index (χ2v) is 18.1. The van der Waals surface area contributed by atoms with Crippen LogP contribution in [0.4, 0.5) is 21.9 Å². The number of tetrazole rings is 1. The average molecular weight is 911 g/mol. The quantitative estimate of drug-likeness (QED) is 0.133. The molecule has 1 N–H and O–H groups in total. The van der Waals surface area contributed by atoms with Crippen LogP contribution in [0.3, 0.4) is 0 Å². The van der Waals surface area contributed by atoms with Crippen LogP contribution in [0.25, 0.3) is 16.6 Å². The molecule has 65 heavy (non-hydrogen) atoms. The lowest BCUT2D eigenvalue weighted by molar-refractivity contribution is -0.149. The number of ether oxygens (including phenoxy) is 3. The van der Waals surface area contributed by atoms with Crippen LogP contribution < -0.4 is 15.1 Å². The normalized spacial score (nSPS) is 15.7. The number of hydrogen-bond donors (Lipinski definition) is 1. The molecule has 20 heteroatoms. The number of nitrogens with one attached hydrogen (secondary N) is 1. The lowest BCUT2D eigenvalue weighted by Crippen LogP contribution is -2.60. The van der Waals surface area contributed by atoms with Gasteiger partial charge < -0.3 is 34.2 Å². The van der Waals surface area contributed by atoms with Crippen molar-refractivity contribution >= 4 is 75.3 Å². The van der Waals surface area contributed by atoms with E-state index in [4.69, 9.17) is 25.8 Å². The molecule has 2 aliphatic rings. The van der Waals surface area contributed by atoms with E-state index in [9.17, 15) is 28.8 Å². The Labute approximate surface area is 380 Å². The molecule has 2 saturated heterocycles. The van der Waals surface area contributed by atoms with E-state index in [2.05, 4.69) is 20.8 Å². The fraction of sp³-hybridized carbons (Fsp3) is 0.400. The first-order valence-corrected chi connectivity index (χ1v) is 21.4. The fourth-order valence-corrected chi connectivity index (χ4v) is 7.81. The van der Waals surface area contributed by atoms with E-state index in [0.29, 0.717) is 64.8 Å². The predicted octanol–water partition coefficient (Wildman–Crippen LogP) is 4.73. The van der Waals surface area contributed by atoms with Crippen molar-refractivity contribution in [3.8, 4) is 5.69 Å². The molecule has 4 amide bonds. The molecule has 0 unspecified atom stereocenters. The van der Waals surface area contributed by atoms with Crippen LogP contribution >= 0.6 is 11.6 Å². The Kier molecular flexibility index (Phi) is 13.4. The van der Waals surface area contributed by atoms with Crippen LogP contribution in [0.1, 0.15) is 57.6 Å². The van der Waals surface area contributed by atoms with Crippen molar-refractivity contribution in [1.29, 1.82) is 0 Å². The van der Waals surface area contributed by atoms with Gasteiger partial charge in [0, 0.05) is 68.0 Å². The molecule has 7 rings (SSSR count). The number of piperazine rings is 2. The smallest absolute Gasteiger partial charge is 0.419 e. The van der Waals surface area contributed by atoms with Gasteiger partial charge in [-0.05, 0) is 112 Å². The zero-order valence-corrected chi connectivity index (χ0v) is 38.0. The Morgan fingerprint density at radius 3 is 2.20 bits per heavy atom. The number of carbonyl (C=O) groups excluding carboxylic acids is 6. The topological polar surface area (TPSA) is 204 Å². The summed E-state index contributed by atoms with van der Waals surface area (Å²) in [6.45, 7) is 12.8. The minimum absolute atomic E-state index is 0.00118. The van der Waals surface area contributed by atoms with Crippen LogP contribution in [-0.4, -0.2) is 140 Å². The summed E-state index contributed by atoms with van der Waals surface area (Å²) in [5.41, 5.74) is 0.827. The Morgan fingerprint density at radius 2 is 1.54 bits per heavy atom. The molecular formula is C45H51ClN10O9. The van der Waals surface area contributed by atoms with Gasteiger partial charge in [0.1, 0.15) is 29.3 Å². The van der Waals surface area contributed by atoms with E-state index in [1.807, 2.05) is 4.90 Å². The number of hydrogen-bond acceptors (Lipinski definition) is 13. The van der Waals surface area contributed by atoms with Gasteiger partial charge in [-0.15, -0.1) is 5.10 Å². The van der Waals surface area contributed by atoms with Gasteiger partial charge in [-0.2, -0.15) is 4.68 Å². The van der Waals surface area contributed by atoms with Crippen LogP contribution in [0.2, 0.25) is 5.02 Å². The van der Waals surface area contributed by atoms with E-state index in [0.717, 1.165) is 4.57 Å². The van der Waals surface area contributed by atoms with Gasteiger partial charge in [0.05, 0.1) is 30.0 Å². The summed E-state index contributed by atoms with van der Waals surface area (Å²) < 4.78 is 18.9. The molecular weight excluding hydrogens is 860 g/mol. The number of carbonyl (C=O) groups is 6. The Morgan fingerprint density at radius 1 is 0.815 bits per heavy atom. The maximum Gasteiger partial charge on any atom is 0.419 e. The first kappa shape index (κ1) is 46.3. The molecule has 0 aliphatic carbocycles. The minimum Gasteiger partial charge on any atom is -0.455 e. The summed E-state index contributed by atoms with van der Waals surface area (Å²) in [5, 5.41) is 15.0. The first-order chi connectivity index (χ1) is 30.8. The summed E-state index contributed by atoms with van der Waals surface area (Å²) in [6, 6.07) is 16.9. The number of fused-ring (bicyclic) bond motifs is 1. The monoisotopic (exact) mass is 910 g/mol. The van der Waals surface area contributed by atoms with Crippen molar-refractivity contribution in [2.24, 2.45) is 0 Å². The molecule has 5 aromatic rings.